The molecule has 3 N–H and O–H groups in total. The number of nitrogens with one attached hydrogen (secondary N) is 1. The number of benzene rings is 1. The second-order valence-electron chi connectivity index (χ2n) is 6.50. The summed E-state index contributed by atoms with van der Waals surface area (Å²) in [6, 6.07) is 7.07. The van der Waals surface area contributed by atoms with Gasteiger partial charge in [0.15, 0.2) is 5.82 Å². The van der Waals surface area contributed by atoms with Crippen molar-refractivity contribution in [2.75, 3.05) is 23.3 Å². The zero-order valence-corrected chi connectivity index (χ0v) is 14.1. The fourth-order valence-electron chi connectivity index (χ4n) is 3.81. The van der Waals surface area contributed by atoms with Crippen molar-refractivity contribution < 1.29 is 10.2 Å². The van der Waals surface area contributed by atoms with E-state index in [9.17, 15) is 10.2 Å². The molecule has 2 aliphatic heterocycles. The number of halogens is 1. The molecular weight excluding hydrogens is 328 g/mol. The second-order valence-corrected chi connectivity index (χ2v) is 6.91. The van der Waals surface area contributed by atoms with E-state index in [1.54, 1.807) is 18.2 Å². The van der Waals surface area contributed by atoms with Crippen molar-refractivity contribution >= 4 is 23.1 Å². The third-order valence-electron chi connectivity index (χ3n) is 5.15. The van der Waals surface area contributed by atoms with Crippen LogP contribution in [-0.4, -0.2) is 45.1 Å². The normalized spacial score (nSPS) is 25.1. The smallest absolute Gasteiger partial charge is 0.172 e. The van der Waals surface area contributed by atoms with Gasteiger partial charge in [-0.25, -0.2) is 0 Å². The van der Waals surface area contributed by atoms with Gasteiger partial charge >= 0.3 is 0 Å². The molecule has 24 heavy (non-hydrogen) atoms. The van der Waals surface area contributed by atoms with Crippen molar-refractivity contribution in [2.45, 2.75) is 31.4 Å². The van der Waals surface area contributed by atoms with Crippen LogP contribution < -0.4 is 10.2 Å². The van der Waals surface area contributed by atoms with Crippen molar-refractivity contribution in [3.05, 3.63) is 29.3 Å². The van der Waals surface area contributed by atoms with E-state index in [0.29, 0.717) is 23.6 Å². The van der Waals surface area contributed by atoms with Gasteiger partial charge in [0.25, 0.3) is 0 Å². The molecule has 2 aliphatic rings. The van der Waals surface area contributed by atoms with Crippen LogP contribution in [0.5, 0.6) is 5.75 Å². The SMILES string of the molecule is CC[C@@]12CNc3nnc(-c4cccc(Cl)c4O)cc3N1C[C@@H](O)C2. The highest BCUT2D eigenvalue weighted by Crippen LogP contribution is 2.44. The lowest BCUT2D eigenvalue weighted by Gasteiger charge is -2.43. The fraction of sp³-hybridized carbons (Fsp3) is 0.412. The van der Waals surface area contributed by atoms with Crippen LogP contribution in [0.25, 0.3) is 11.3 Å². The molecule has 0 bridgehead atoms. The van der Waals surface area contributed by atoms with Crippen molar-refractivity contribution in [1.29, 1.82) is 0 Å². The average molecular weight is 347 g/mol. The number of anilines is 2. The Morgan fingerprint density at radius 1 is 1.42 bits per heavy atom. The van der Waals surface area contributed by atoms with Crippen LogP contribution in [0.2, 0.25) is 5.02 Å². The van der Waals surface area contributed by atoms with Gasteiger partial charge in [-0.2, -0.15) is 0 Å². The van der Waals surface area contributed by atoms with Crippen molar-refractivity contribution in [2.24, 2.45) is 0 Å². The first-order valence-electron chi connectivity index (χ1n) is 8.09. The van der Waals surface area contributed by atoms with Crippen molar-refractivity contribution in [3.8, 4) is 17.0 Å². The summed E-state index contributed by atoms with van der Waals surface area (Å²) >= 11 is 6.01. The molecule has 0 radical (unpaired) electrons. The predicted molar refractivity (Wildman–Crippen MR) is 93.6 cm³/mol. The zero-order valence-electron chi connectivity index (χ0n) is 13.3. The number of aromatic nitrogens is 2. The van der Waals surface area contributed by atoms with E-state index in [-0.39, 0.29) is 22.4 Å². The molecule has 4 rings (SSSR count). The van der Waals surface area contributed by atoms with Gasteiger partial charge in [-0.05, 0) is 31.0 Å². The number of β-amino-alcohol motifs (C(OH)–C–C–N with tert-alkyl or cyclic N) is 1. The average Bonchev–Trinajstić information content (AvgIpc) is 2.94. The Morgan fingerprint density at radius 3 is 3.04 bits per heavy atom. The van der Waals surface area contributed by atoms with E-state index < -0.39 is 0 Å². The first-order chi connectivity index (χ1) is 11.5. The Balaban J connectivity index is 1.82. The summed E-state index contributed by atoms with van der Waals surface area (Å²) in [7, 11) is 0. The Kier molecular flexibility index (Phi) is 3.54. The number of hydrogen-bond donors (Lipinski definition) is 3. The summed E-state index contributed by atoms with van der Waals surface area (Å²) in [5.41, 5.74) is 1.90. The second kappa shape index (κ2) is 5.50. The van der Waals surface area contributed by atoms with Crippen LogP contribution >= 0.6 is 11.6 Å². The lowest BCUT2D eigenvalue weighted by atomic mass is 9.90. The van der Waals surface area contributed by atoms with Crippen LogP contribution in [0.4, 0.5) is 11.5 Å². The summed E-state index contributed by atoms with van der Waals surface area (Å²) in [6.45, 7) is 3.45. The lowest BCUT2D eigenvalue weighted by molar-refractivity contribution is 0.184. The maximum absolute atomic E-state index is 10.2. The highest BCUT2D eigenvalue weighted by molar-refractivity contribution is 6.32. The van der Waals surface area contributed by atoms with E-state index in [1.807, 2.05) is 6.07 Å². The molecule has 0 spiro atoms. The van der Waals surface area contributed by atoms with Gasteiger partial charge in [0.1, 0.15) is 5.75 Å². The number of phenols is 1. The van der Waals surface area contributed by atoms with E-state index >= 15 is 0 Å². The van der Waals surface area contributed by atoms with Crippen molar-refractivity contribution in [1.82, 2.24) is 10.2 Å². The molecule has 1 saturated heterocycles. The number of nitrogens with zero attached hydrogens (tertiary/aromatic N) is 3. The van der Waals surface area contributed by atoms with Crippen LogP contribution in [0.1, 0.15) is 19.8 Å². The summed E-state index contributed by atoms with van der Waals surface area (Å²) in [4.78, 5) is 2.23. The highest BCUT2D eigenvalue weighted by Gasteiger charge is 2.47. The summed E-state index contributed by atoms with van der Waals surface area (Å²) in [5, 5.41) is 32.5. The van der Waals surface area contributed by atoms with Gasteiger partial charge in [0, 0.05) is 18.7 Å². The van der Waals surface area contributed by atoms with E-state index in [1.165, 1.54) is 0 Å². The molecule has 0 amide bonds. The molecule has 2 atom stereocenters. The number of fused-ring (bicyclic) bond motifs is 3. The van der Waals surface area contributed by atoms with Gasteiger partial charge in [-0.15, -0.1) is 10.2 Å². The first-order valence-corrected chi connectivity index (χ1v) is 8.47. The molecule has 2 aromatic rings. The summed E-state index contributed by atoms with van der Waals surface area (Å²) in [5.74, 6) is 0.707. The Bertz CT molecular complexity index is 800. The molecule has 1 aromatic heterocycles. The van der Waals surface area contributed by atoms with Crippen LogP contribution in [-0.2, 0) is 0 Å². The molecule has 7 heteroatoms. The number of phenolic OH excluding ortho intramolecular Hbond substituents is 1. The maximum Gasteiger partial charge on any atom is 0.172 e. The van der Waals surface area contributed by atoms with Crippen molar-refractivity contribution in [3.63, 3.8) is 0 Å². The minimum Gasteiger partial charge on any atom is -0.506 e. The quantitative estimate of drug-likeness (QED) is 0.775. The largest absolute Gasteiger partial charge is 0.506 e. The molecular formula is C17H19ClN4O2. The van der Waals surface area contributed by atoms with Gasteiger partial charge in [-0.1, -0.05) is 24.6 Å². The van der Waals surface area contributed by atoms with Gasteiger partial charge in [0.2, 0.25) is 0 Å². The van der Waals surface area contributed by atoms with Gasteiger partial charge < -0.3 is 20.4 Å². The Hall–Kier alpha value is -2.05. The standard InChI is InChI=1S/C17H19ClN4O2/c1-2-17-7-10(23)8-22(17)14-6-13(20-21-16(14)19-9-17)11-4-3-5-12(18)15(11)24/h3-6,10,23-24H,2,7-9H2,1H3,(H,19,21)/t10-,17+/m0/s1. The molecule has 3 heterocycles. The monoisotopic (exact) mass is 346 g/mol. The van der Waals surface area contributed by atoms with E-state index in [4.69, 9.17) is 11.6 Å². The molecule has 1 fully saturated rings. The Morgan fingerprint density at radius 2 is 2.25 bits per heavy atom. The molecule has 126 valence electrons. The highest BCUT2D eigenvalue weighted by atomic mass is 35.5. The van der Waals surface area contributed by atoms with Crippen LogP contribution in [0, 0.1) is 0 Å². The summed E-state index contributed by atoms with van der Waals surface area (Å²) < 4.78 is 0. The minimum atomic E-state index is -0.353. The van der Waals surface area contributed by atoms with Gasteiger partial charge in [-0.3, -0.25) is 0 Å². The lowest BCUT2D eigenvalue weighted by Crippen LogP contribution is -2.52. The summed E-state index contributed by atoms with van der Waals surface area (Å²) in [6.07, 6.45) is 1.31. The fourth-order valence-corrected chi connectivity index (χ4v) is 3.99. The molecule has 0 saturated carbocycles. The first kappa shape index (κ1) is 15.5. The number of para-hydroxylation sites is 1. The van der Waals surface area contributed by atoms with Gasteiger partial charge in [0.05, 0.1) is 28.0 Å². The molecule has 0 unspecified atom stereocenters. The van der Waals surface area contributed by atoms with E-state index in [2.05, 4.69) is 27.3 Å². The predicted octanol–water partition coefficient (Wildman–Crippen LogP) is 2.65. The third kappa shape index (κ3) is 2.21. The van der Waals surface area contributed by atoms with Crippen LogP contribution in [0.3, 0.4) is 0 Å². The minimum absolute atomic E-state index is 0.000367. The van der Waals surface area contributed by atoms with E-state index in [0.717, 1.165) is 25.1 Å². The number of hydrogen-bond acceptors (Lipinski definition) is 6. The Labute approximate surface area is 145 Å². The topological polar surface area (TPSA) is 81.5 Å². The zero-order chi connectivity index (χ0) is 16.9. The molecule has 1 aromatic carbocycles. The number of rotatable bonds is 2. The van der Waals surface area contributed by atoms with Crippen LogP contribution in [0.15, 0.2) is 24.3 Å². The maximum atomic E-state index is 10.2. The number of aromatic hydroxyl groups is 1. The molecule has 6 nitrogen and oxygen atoms in total. The third-order valence-corrected chi connectivity index (χ3v) is 5.46. The molecule has 0 aliphatic carbocycles. The number of aliphatic hydroxyl groups is 1. The number of aliphatic hydroxyl groups excluding tert-OH is 1.